The van der Waals surface area contributed by atoms with Gasteiger partial charge in [0.1, 0.15) is 0 Å². The number of ether oxygens (including phenoxy) is 1. The van der Waals surface area contributed by atoms with Crippen LogP contribution < -0.4 is 5.32 Å². The van der Waals surface area contributed by atoms with Gasteiger partial charge in [-0.25, -0.2) is 0 Å². The molecule has 0 bridgehead atoms. The number of amides is 1. The molecule has 94 valence electrons. The van der Waals surface area contributed by atoms with E-state index in [0.717, 1.165) is 0 Å². The molecular formula is C11H21NO4. The second kappa shape index (κ2) is 8.10. The standard InChI is InChI=1S/C11H21NO4/c1-8(2)7-16-5-4-10(13)12-6-9(3)11(14)15/h8-9H,4-7H2,1-3H3,(H,12,13)(H,14,15). The van der Waals surface area contributed by atoms with E-state index in [1.165, 1.54) is 0 Å². The van der Waals surface area contributed by atoms with Crippen molar-refractivity contribution >= 4 is 11.9 Å². The molecule has 0 aliphatic rings. The number of hydrogen-bond acceptors (Lipinski definition) is 3. The summed E-state index contributed by atoms with van der Waals surface area (Å²) in [5, 5.41) is 11.1. The average Bonchev–Trinajstić information content (AvgIpc) is 2.20. The molecule has 16 heavy (non-hydrogen) atoms. The molecular weight excluding hydrogens is 210 g/mol. The van der Waals surface area contributed by atoms with Crippen molar-refractivity contribution in [1.29, 1.82) is 0 Å². The SMILES string of the molecule is CC(C)COCCC(=O)NCC(C)C(=O)O. The lowest BCUT2D eigenvalue weighted by atomic mass is 10.2. The van der Waals surface area contributed by atoms with Gasteiger partial charge in [0.15, 0.2) is 0 Å². The largest absolute Gasteiger partial charge is 0.481 e. The molecule has 2 N–H and O–H groups in total. The highest BCUT2D eigenvalue weighted by atomic mass is 16.5. The first-order valence-corrected chi connectivity index (χ1v) is 5.50. The van der Waals surface area contributed by atoms with Crippen LogP contribution in [-0.4, -0.2) is 36.7 Å². The fourth-order valence-electron chi connectivity index (χ4n) is 0.927. The summed E-state index contributed by atoms with van der Waals surface area (Å²) in [5.41, 5.74) is 0. The number of nitrogens with one attached hydrogen (secondary N) is 1. The minimum Gasteiger partial charge on any atom is -0.481 e. The van der Waals surface area contributed by atoms with Gasteiger partial charge in [0.25, 0.3) is 0 Å². The third-order valence-corrected chi connectivity index (χ3v) is 1.95. The maximum Gasteiger partial charge on any atom is 0.308 e. The van der Waals surface area contributed by atoms with Crippen LogP contribution in [0.5, 0.6) is 0 Å². The predicted octanol–water partition coefficient (Wildman–Crippen LogP) is 0.886. The van der Waals surface area contributed by atoms with Crippen molar-refractivity contribution in [2.75, 3.05) is 19.8 Å². The average molecular weight is 231 g/mol. The number of rotatable bonds is 8. The van der Waals surface area contributed by atoms with E-state index in [9.17, 15) is 9.59 Å². The summed E-state index contributed by atoms with van der Waals surface area (Å²) >= 11 is 0. The van der Waals surface area contributed by atoms with Crippen molar-refractivity contribution < 1.29 is 19.4 Å². The van der Waals surface area contributed by atoms with E-state index in [0.29, 0.717) is 19.1 Å². The van der Waals surface area contributed by atoms with Crippen molar-refractivity contribution in [3.63, 3.8) is 0 Å². The van der Waals surface area contributed by atoms with Gasteiger partial charge >= 0.3 is 5.97 Å². The molecule has 0 aliphatic carbocycles. The molecule has 0 saturated carbocycles. The van der Waals surface area contributed by atoms with Crippen LogP contribution >= 0.6 is 0 Å². The zero-order chi connectivity index (χ0) is 12.6. The molecule has 5 heteroatoms. The minimum atomic E-state index is -0.906. The van der Waals surface area contributed by atoms with E-state index < -0.39 is 11.9 Å². The van der Waals surface area contributed by atoms with Gasteiger partial charge in [0.2, 0.25) is 5.91 Å². The smallest absolute Gasteiger partial charge is 0.308 e. The van der Waals surface area contributed by atoms with Crippen LogP contribution in [0.3, 0.4) is 0 Å². The van der Waals surface area contributed by atoms with Crippen LogP contribution in [0.1, 0.15) is 27.2 Å². The third kappa shape index (κ3) is 8.23. The van der Waals surface area contributed by atoms with Gasteiger partial charge in [-0.15, -0.1) is 0 Å². The lowest BCUT2D eigenvalue weighted by Crippen LogP contribution is -2.32. The topological polar surface area (TPSA) is 75.6 Å². The van der Waals surface area contributed by atoms with E-state index in [2.05, 4.69) is 5.32 Å². The number of carboxylic acids is 1. The molecule has 0 fully saturated rings. The third-order valence-electron chi connectivity index (χ3n) is 1.95. The van der Waals surface area contributed by atoms with Crippen LogP contribution in [0.25, 0.3) is 0 Å². The Morgan fingerprint density at radius 1 is 1.31 bits per heavy atom. The van der Waals surface area contributed by atoms with Crippen molar-refractivity contribution in [1.82, 2.24) is 5.32 Å². The monoisotopic (exact) mass is 231 g/mol. The van der Waals surface area contributed by atoms with Crippen LogP contribution in [-0.2, 0) is 14.3 Å². The zero-order valence-corrected chi connectivity index (χ0v) is 10.2. The van der Waals surface area contributed by atoms with Gasteiger partial charge in [0, 0.05) is 19.6 Å². The second-order valence-corrected chi connectivity index (χ2v) is 4.26. The van der Waals surface area contributed by atoms with E-state index in [1.54, 1.807) is 6.92 Å². The summed E-state index contributed by atoms with van der Waals surface area (Å²) in [4.78, 5) is 21.7. The van der Waals surface area contributed by atoms with Gasteiger partial charge in [-0.05, 0) is 5.92 Å². The van der Waals surface area contributed by atoms with Crippen LogP contribution in [0.15, 0.2) is 0 Å². The maximum absolute atomic E-state index is 11.2. The molecule has 1 unspecified atom stereocenters. The number of carbonyl (C=O) groups excluding carboxylic acids is 1. The Balaban J connectivity index is 3.48. The molecule has 0 aromatic rings. The first kappa shape index (κ1) is 14.9. The number of aliphatic carboxylic acids is 1. The number of carboxylic acid groups (broad SMARTS) is 1. The van der Waals surface area contributed by atoms with Crippen LogP contribution in [0, 0.1) is 11.8 Å². The fourth-order valence-corrected chi connectivity index (χ4v) is 0.927. The molecule has 1 amide bonds. The Morgan fingerprint density at radius 3 is 2.44 bits per heavy atom. The van der Waals surface area contributed by atoms with Crippen molar-refractivity contribution in [3.05, 3.63) is 0 Å². The van der Waals surface area contributed by atoms with Crippen molar-refractivity contribution in [2.45, 2.75) is 27.2 Å². The van der Waals surface area contributed by atoms with Gasteiger partial charge in [-0.1, -0.05) is 20.8 Å². The first-order valence-electron chi connectivity index (χ1n) is 5.50. The Labute approximate surface area is 96.2 Å². The Hall–Kier alpha value is -1.10. The molecule has 0 heterocycles. The number of hydrogen-bond donors (Lipinski definition) is 2. The summed E-state index contributed by atoms with van der Waals surface area (Å²) < 4.78 is 5.24. The van der Waals surface area contributed by atoms with Gasteiger partial charge in [-0.3, -0.25) is 9.59 Å². The highest BCUT2D eigenvalue weighted by Gasteiger charge is 2.11. The summed E-state index contributed by atoms with van der Waals surface area (Å²) in [6, 6.07) is 0. The Kier molecular flexibility index (Phi) is 7.54. The normalized spacial score (nSPS) is 12.5. The highest BCUT2D eigenvalue weighted by Crippen LogP contribution is 1.95. The molecule has 0 radical (unpaired) electrons. The lowest BCUT2D eigenvalue weighted by molar-refractivity contribution is -0.141. The molecule has 0 aromatic heterocycles. The molecule has 1 atom stereocenters. The molecule has 0 aliphatic heterocycles. The quantitative estimate of drug-likeness (QED) is 0.608. The van der Waals surface area contributed by atoms with Gasteiger partial charge in [0.05, 0.1) is 12.5 Å². The Bertz CT molecular complexity index is 228. The summed E-state index contributed by atoms with van der Waals surface area (Å²) in [5.74, 6) is -1.18. The first-order chi connectivity index (χ1) is 7.43. The molecule has 0 spiro atoms. The highest BCUT2D eigenvalue weighted by molar-refractivity contribution is 5.77. The Morgan fingerprint density at radius 2 is 1.94 bits per heavy atom. The molecule has 5 nitrogen and oxygen atoms in total. The molecule has 0 rings (SSSR count). The lowest BCUT2D eigenvalue weighted by Gasteiger charge is -2.09. The van der Waals surface area contributed by atoms with E-state index in [-0.39, 0.29) is 18.9 Å². The second-order valence-electron chi connectivity index (χ2n) is 4.26. The molecule has 0 aromatic carbocycles. The van der Waals surface area contributed by atoms with E-state index >= 15 is 0 Å². The summed E-state index contributed by atoms with van der Waals surface area (Å²) in [7, 11) is 0. The predicted molar refractivity (Wildman–Crippen MR) is 60.1 cm³/mol. The summed E-state index contributed by atoms with van der Waals surface area (Å²) in [6.45, 7) is 6.81. The zero-order valence-electron chi connectivity index (χ0n) is 10.2. The van der Waals surface area contributed by atoms with Gasteiger partial charge in [-0.2, -0.15) is 0 Å². The van der Waals surface area contributed by atoms with Crippen molar-refractivity contribution in [2.24, 2.45) is 11.8 Å². The maximum atomic E-state index is 11.2. The van der Waals surface area contributed by atoms with E-state index in [1.807, 2.05) is 13.8 Å². The summed E-state index contributed by atoms with van der Waals surface area (Å²) in [6.07, 6.45) is 0.277. The van der Waals surface area contributed by atoms with Gasteiger partial charge < -0.3 is 15.2 Å². The molecule has 0 saturated heterocycles. The van der Waals surface area contributed by atoms with E-state index in [4.69, 9.17) is 9.84 Å². The number of carbonyl (C=O) groups is 2. The van der Waals surface area contributed by atoms with Crippen molar-refractivity contribution in [3.8, 4) is 0 Å². The minimum absolute atomic E-state index is 0.165. The fraction of sp³-hybridized carbons (Fsp3) is 0.818. The van der Waals surface area contributed by atoms with Crippen LogP contribution in [0.2, 0.25) is 0 Å². The van der Waals surface area contributed by atoms with Crippen LogP contribution in [0.4, 0.5) is 0 Å².